The van der Waals surface area contributed by atoms with Crippen molar-refractivity contribution in [2.45, 2.75) is 19.4 Å². The van der Waals surface area contributed by atoms with E-state index in [0.29, 0.717) is 27.2 Å². The van der Waals surface area contributed by atoms with Crippen molar-refractivity contribution in [1.29, 1.82) is 0 Å². The van der Waals surface area contributed by atoms with E-state index in [-0.39, 0.29) is 11.5 Å². The predicted molar refractivity (Wildman–Crippen MR) is 76.5 cm³/mol. The zero-order chi connectivity index (χ0) is 14.0. The van der Waals surface area contributed by atoms with E-state index in [0.717, 1.165) is 0 Å². The van der Waals surface area contributed by atoms with Crippen molar-refractivity contribution in [2.75, 3.05) is 0 Å². The number of carbonyl (C=O) groups excluding carboxylic acids is 1. The molecular formula is C14H12BrClO3. The van der Waals surface area contributed by atoms with E-state index in [4.69, 9.17) is 16.0 Å². The minimum atomic E-state index is -0.966. The maximum absolute atomic E-state index is 11.6. The summed E-state index contributed by atoms with van der Waals surface area (Å²) in [7, 11) is 0. The summed E-state index contributed by atoms with van der Waals surface area (Å²) in [5.41, 5.74) is 0.609. The molecule has 0 amide bonds. The Bertz CT molecular complexity index is 606. The zero-order valence-electron chi connectivity index (χ0n) is 10.2. The van der Waals surface area contributed by atoms with Crippen LogP contribution in [0, 0.1) is 0 Å². The lowest BCUT2D eigenvalue weighted by atomic mass is 10.1. The van der Waals surface area contributed by atoms with Crippen molar-refractivity contribution in [3.63, 3.8) is 0 Å². The van der Waals surface area contributed by atoms with Crippen LogP contribution in [-0.2, 0) is 0 Å². The number of Topliss-reactive ketones (excluding diaryl/α,β-unsaturated/α-hetero) is 1. The minimum Gasteiger partial charge on any atom is -0.454 e. The molecule has 0 aliphatic heterocycles. The maximum Gasteiger partial charge on any atom is 0.197 e. The van der Waals surface area contributed by atoms with Gasteiger partial charge in [-0.3, -0.25) is 4.79 Å². The van der Waals surface area contributed by atoms with Crippen LogP contribution < -0.4 is 0 Å². The number of rotatable bonds is 4. The lowest BCUT2D eigenvalue weighted by molar-refractivity contribution is 0.0953. The number of hydrogen-bond donors (Lipinski definition) is 1. The molecule has 2 aromatic rings. The molecule has 0 aliphatic carbocycles. The molecule has 0 fully saturated rings. The van der Waals surface area contributed by atoms with Crippen LogP contribution >= 0.6 is 27.5 Å². The molecule has 0 aliphatic rings. The number of benzene rings is 1. The fourth-order valence-corrected chi connectivity index (χ4v) is 2.41. The van der Waals surface area contributed by atoms with Gasteiger partial charge in [0.05, 0.1) is 4.47 Å². The van der Waals surface area contributed by atoms with Crippen molar-refractivity contribution in [2.24, 2.45) is 0 Å². The van der Waals surface area contributed by atoms with Gasteiger partial charge >= 0.3 is 0 Å². The number of aliphatic hydroxyl groups is 1. The Morgan fingerprint density at radius 1 is 1.47 bits per heavy atom. The number of hydrogen-bond acceptors (Lipinski definition) is 3. The molecule has 0 bridgehead atoms. The molecule has 19 heavy (non-hydrogen) atoms. The van der Waals surface area contributed by atoms with E-state index >= 15 is 0 Å². The molecular weight excluding hydrogens is 332 g/mol. The third-order valence-electron chi connectivity index (χ3n) is 2.72. The highest BCUT2D eigenvalue weighted by Gasteiger charge is 2.21. The summed E-state index contributed by atoms with van der Waals surface area (Å²) in [5.74, 6) is 0.440. The molecule has 0 radical (unpaired) electrons. The van der Waals surface area contributed by atoms with Crippen molar-refractivity contribution in [3.8, 4) is 0 Å². The number of aliphatic hydroxyl groups excluding tert-OH is 1. The van der Waals surface area contributed by atoms with E-state index in [1.54, 1.807) is 37.3 Å². The maximum atomic E-state index is 11.6. The third-order valence-corrected chi connectivity index (χ3v) is 3.58. The quantitative estimate of drug-likeness (QED) is 0.839. The molecule has 1 atom stereocenters. The first kappa shape index (κ1) is 14.3. The first-order chi connectivity index (χ1) is 9.02. The summed E-state index contributed by atoms with van der Waals surface area (Å²) in [5, 5.41) is 10.8. The first-order valence-electron chi connectivity index (χ1n) is 5.79. The van der Waals surface area contributed by atoms with Crippen LogP contribution in [0.3, 0.4) is 0 Å². The zero-order valence-corrected chi connectivity index (χ0v) is 12.5. The Kier molecular flexibility index (Phi) is 4.45. The molecule has 3 nitrogen and oxygen atoms in total. The van der Waals surface area contributed by atoms with Gasteiger partial charge in [0.1, 0.15) is 6.10 Å². The van der Waals surface area contributed by atoms with Crippen LogP contribution in [0.25, 0.3) is 0 Å². The second-order valence-corrected chi connectivity index (χ2v) is 5.35. The normalized spacial score (nSPS) is 12.4. The predicted octanol–water partition coefficient (Wildman–Crippen LogP) is 4.37. The van der Waals surface area contributed by atoms with Gasteiger partial charge in [-0.1, -0.05) is 30.7 Å². The SMILES string of the molecule is CCC(=O)c1cc(Br)c(C(O)c2cccc(Cl)c2)o1. The number of ketones is 1. The lowest BCUT2D eigenvalue weighted by Crippen LogP contribution is -1.99. The van der Waals surface area contributed by atoms with Crippen molar-refractivity contribution >= 4 is 33.3 Å². The minimum absolute atomic E-state index is 0.106. The fraction of sp³-hybridized carbons (Fsp3) is 0.214. The van der Waals surface area contributed by atoms with Crippen molar-refractivity contribution in [3.05, 3.63) is 56.9 Å². The molecule has 1 unspecified atom stereocenters. The van der Waals surface area contributed by atoms with Crippen molar-refractivity contribution in [1.82, 2.24) is 0 Å². The molecule has 2 rings (SSSR count). The number of carbonyl (C=O) groups is 1. The van der Waals surface area contributed by atoms with Gasteiger partial charge in [-0.05, 0) is 33.6 Å². The summed E-state index contributed by atoms with van der Waals surface area (Å²) < 4.78 is 6.00. The van der Waals surface area contributed by atoms with E-state index in [9.17, 15) is 9.90 Å². The molecule has 5 heteroatoms. The van der Waals surface area contributed by atoms with E-state index < -0.39 is 6.10 Å². The van der Waals surface area contributed by atoms with Crippen LogP contribution in [0.1, 0.15) is 41.3 Å². The topological polar surface area (TPSA) is 50.4 Å². The second-order valence-electron chi connectivity index (χ2n) is 4.06. The van der Waals surface area contributed by atoms with Gasteiger partial charge < -0.3 is 9.52 Å². The Morgan fingerprint density at radius 3 is 2.84 bits per heavy atom. The van der Waals surface area contributed by atoms with Gasteiger partial charge in [0, 0.05) is 17.5 Å². The number of halogens is 2. The summed E-state index contributed by atoms with van der Waals surface area (Å²) in [4.78, 5) is 11.6. The van der Waals surface area contributed by atoms with E-state index in [1.807, 2.05) is 0 Å². The highest BCUT2D eigenvalue weighted by atomic mass is 79.9. The summed E-state index contributed by atoms with van der Waals surface area (Å²) in [6.07, 6.45) is -0.612. The molecule has 100 valence electrons. The van der Waals surface area contributed by atoms with E-state index in [1.165, 1.54) is 0 Å². The Labute approximate surface area is 124 Å². The Hall–Kier alpha value is -1.10. The molecule has 1 aromatic heterocycles. The van der Waals surface area contributed by atoms with Crippen LogP contribution in [0.15, 0.2) is 39.2 Å². The standard InChI is InChI=1S/C14H12BrClO3/c1-2-11(17)12-7-10(15)14(19-12)13(18)8-4-3-5-9(16)6-8/h3-7,13,18H,2H2,1H3. The van der Waals surface area contributed by atoms with Crippen molar-refractivity contribution < 1.29 is 14.3 Å². The van der Waals surface area contributed by atoms with Gasteiger partial charge in [-0.15, -0.1) is 0 Å². The van der Waals surface area contributed by atoms with Crippen LogP contribution in [0.4, 0.5) is 0 Å². The van der Waals surface area contributed by atoms with Crippen LogP contribution in [0.2, 0.25) is 5.02 Å². The van der Waals surface area contributed by atoms with Gasteiger partial charge in [-0.25, -0.2) is 0 Å². The monoisotopic (exact) mass is 342 g/mol. The molecule has 0 saturated heterocycles. The first-order valence-corrected chi connectivity index (χ1v) is 6.96. The molecule has 1 aromatic carbocycles. The van der Waals surface area contributed by atoms with Crippen LogP contribution in [0.5, 0.6) is 0 Å². The smallest absolute Gasteiger partial charge is 0.197 e. The molecule has 0 saturated carbocycles. The Morgan fingerprint density at radius 2 is 2.21 bits per heavy atom. The van der Waals surface area contributed by atoms with Gasteiger partial charge in [0.15, 0.2) is 17.3 Å². The third kappa shape index (κ3) is 3.08. The highest BCUT2D eigenvalue weighted by Crippen LogP contribution is 2.32. The largest absolute Gasteiger partial charge is 0.454 e. The lowest BCUT2D eigenvalue weighted by Gasteiger charge is -2.09. The summed E-state index contributed by atoms with van der Waals surface area (Å²) >= 11 is 9.18. The van der Waals surface area contributed by atoms with Crippen LogP contribution in [-0.4, -0.2) is 10.9 Å². The molecule has 0 spiro atoms. The molecule has 1 N–H and O–H groups in total. The van der Waals surface area contributed by atoms with Gasteiger partial charge in [-0.2, -0.15) is 0 Å². The van der Waals surface area contributed by atoms with Gasteiger partial charge in [0.2, 0.25) is 0 Å². The fourth-order valence-electron chi connectivity index (χ4n) is 1.71. The summed E-state index contributed by atoms with van der Waals surface area (Å²) in [6.45, 7) is 1.76. The van der Waals surface area contributed by atoms with Gasteiger partial charge in [0.25, 0.3) is 0 Å². The second kappa shape index (κ2) is 5.90. The molecule has 1 heterocycles. The highest BCUT2D eigenvalue weighted by molar-refractivity contribution is 9.10. The van der Waals surface area contributed by atoms with E-state index in [2.05, 4.69) is 15.9 Å². The Balaban J connectivity index is 2.36. The average Bonchev–Trinajstić information content (AvgIpc) is 2.79. The average molecular weight is 344 g/mol. The number of furan rings is 1. The summed E-state index contributed by atoms with van der Waals surface area (Å²) in [6, 6.07) is 8.45.